The zero-order valence-corrected chi connectivity index (χ0v) is 13.3. The van der Waals surface area contributed by atoms with Crippen LogP contribution in [0, 0.1) is 0 Å². The summed E-state index contributed by atoms with van der Waals surface area (Å²) in [5, 5.41) is 0.572. The van der Waals surface area contributed by atoms with Crippen molar-refractivity contribution in [3.63, 3.8) is 0 Å². The van der Waals surface area contributed by atoms with Gasteiger partial charge in [0.25, 0.3) is 5.56 Å². The number of fused-ring (bicyclic) bond motifs is 1. The highest BCUT2D eigenvalue weighted by molar-refractivity contribution is 9.10. The van der Waals surface area contributed by atoms with Gasteiger partial charge in [0.1, 0.15) is 0 Å². The summed E-state index contributed by atoms with van der Waals surface area (Å²) in [6.07, 6.45) is 0. The van der Waals surface area contributed by atoms with Crippen molar-refractivity contribution < 1.29 is 0 Å². The van der Waals surface area contributed by atoms with E-state index in [0.717, 1.165) is 4.47 Å². The molecule has 0 saturated carbocycles. The predicted octanol–water partition coefficient (Wildman–Crippen LogP) is 2.99. The zero-order valence-electron chi connectivity index (χ0n) is 11.7. The van der Waals surface area contributed by atoms with E-state index in [0.29, 0.717) is 24.0 Å². The minimum atomic E-state index is -0.241. The molecule has 0 amide bonds. The summed E-state index contributed by atoms with van der Waals surface area (Å²) >= 11 is 3.34. The molecule has 0 fully saturated rings. The molecule has 0 atom stereocenters. The van der Waals surface area contributed by atoms with Gasteiger partial charge in [0.2, 0.25) is 0 Å². The topological polar surface area (TPSA) is 44.0 Å². The van der Waals surface area contributed by atoms with Crippen LogP contribution in [0.2, 0.25) is 0 Å². The molecule has 1 heterocycles. The Balaban J connectivity index is 0.000000861. The predicted molar refractivity (Wildman–Crippen MR) is 82.9 cm³/mol. The Morgan fingerprint density at radius 2 is 1.63 bits per heavy atom. The molecule has 4 nitrogen and oxygen atoms in total. The number of aryl methyl sites for hydroxylation is 1. The Bertz CT molecular complexity index is 686. The van der Waals surface area contributed by atoms with Crippen LogP contribution in [-0.2, 0) is 13.1 Å². The Kier molecular flexibility index (Phi) is 5.54. The van der Waals surface area contributed by atoms with Crippen LogP contribution < -0.4 is 11.2 Å². The molecule has 104 valence electrons. The van der Waals surface area contributed by atoms with Gasteiger partial charge in [-0.05, 0) is 32.0 Å². The maximum Gasteiger partial charge on any atom is 0.331 e. The molecule has 1 aromatic heterocycles. The number of rotatable bonds is 2. The van der Waals surface area contributed by atoms with Crippen LogP contribution in [0.15, 0.2) is 32.3 Å². The fourth-order valence-electron chi connectivity index (χ4n) is 1.98. The third-order valence-electron chi connectivity index (χ3n) is 2.82. The third kappa shape index (κ3) is 2.81. The highest BCUT2D eigenvalue weighted by atomic mass is 79.9. The SMILES string of the molecule is CC.CCn1c(=O)c2cc(Br)ccc2n(CC)c1=O. The summed E-state index contributed by atoms with van der Waals surface area (Å²) in [6, 6.07) is 5.39. The molecule has 0 bridgehead atoms. The van der Waals surface area contributed by atoms with E-state index < -0.39 is 0 Å². The first-order valence-electron chi connectivity index (χ1n) is 6.53. The molecule has 1 aromatic carbocycles. The molecule has 0 unspecified atom stereocenters. The zero-order chi connectivity index (χ0) is 14.6. The summed E-state index contributed by atoms with van der Waals surface area (Å²) in [5.74, 6) is 0. The summed E-state index contributed by atoms with van der Waals surface area (Å²) in [5.41, 5.74) is 0.226. The van der Waals surface area contributed by atoms with Gasteiger partial charge >= 0.3 is 5.69 Å². The molecule has 2 aromatic rings. The molecule has 5 heteroatoms. The Morgan fingerprint density at radius 3 is 2.16 bits per heavy atom. The number of benzene rings is 1. The quantitative estimate of drug-likeness (QED) is 0.851. The molecule has 0 radical (unpaired) electrons. The standard InChI is InChI=1S/C12H13BrN2O2.C2H6/c1-3-14-10-6-5-8(13)7-9(10)11(16)15(4-2)12(14)17;1-2/h5-7H,3-4H2,1-2H3;1-2H3. The normalized spacial score (nSPS) is 10.2. The van der Waals surface area contributed by atoms with E-state index in [9.17, 15) is 9.59 Å². The van der Waals surface area contributed by atoms with Crippen LogP contribution in [0.25, 0.3) is 10.9 Å². The van der Waals surface area contributed by atoms with Gasteiger partial charge in [0, 0.05) is 17.6 Å². The lowest BCUT2D eigenvalue weighted by Gasteiger charge is -2.11. The third-order valence-corrected chi connectivity index (χ3v) is 3.31. The highest BCUT2D eigenvalue weighted by Crippen LogP contribution is 2.15. The lowest BCUT2D eigenvalue weighted by Crippen LogP contribution is -2.39. The second-order valence-corrected chi connectivity index (χ2v) is 4.65. The molecule has 0 N–H and O–H groups in total. The van der Waals surface area contributed by atoms with Crippen molar-refractivity contribution in [2.75, 3.05) is 0 Å². The lowest BCUT2D eigenvalue weighted by atomic mass is 10.2. The van der Waals surface area contributed by atoms with Gasteiger partial charge in [-0.2, -0.15) is 0 Å². The van der Waals surface area contributed by atoms with Crippen molar-refractivity contribution in [3.05, 3.63) is 43.5 Å². The van der Waals surface area contributed by atoms with E-state index in [4.69, 9.17) is 0 Å². The van der Waals surface area contributed by atoms with E-state index in [1.165, 1.54) is 4.57 Å². The van der Waals surface area contributed by atoms with E-state index in [1.807, 2.05) is 26.8 Å². The number of hydrogen-bond acceptors (Lipinski definition) is 2. The van der Waals surface area contributed by atoms with Gasteiger partial charge in [-0.1, -0.05) is 29.8 Å². The van der Waals surface area contributed by atoms with Crippen molar-refractivity contribution in [1.82, 2.24) is 9.13 Å². The summed E-state index contributed by atoms with van der Waals surface area (Å²) in [7, 11) is 0. The van der Waals surface area contributed by atoms with Crippen molar-refractivity contribution in [1.29, 1.82) is 0 Å². The number of aromatic nitrogens is 2. The van der Waals surface area contributed by atoms with Gasteiger partial charge in [-0.25, -0.2) is 4.79 Å². The van der Waals surface area contributed by atoms with E-state index in [-0.39, 0.29) is 11.2 Å². The van der Waals surface area contributed by atoms with Crippen LogP contribution in [0.1, 0.15) is 27.7 Å². The van der Waals surface area contributed by atoms with Crippen molar-refractivity contribution >= 4 is 26.8 Å². The van der Waals surface area contributed by atoms with Crippen LogP contribution in [0.5, 0.6) is 0 Å². The van der Waals surface area contributed by atoms with Crippen molar-refractivity contribution in [2.45, 2.75) is 40.8 Å². The van der Waals surface area contributed by atoms with Gasteiger partial charge in [-0.3, -0.25) is 13.9 Å². The largest absolute Gasteiger partial charge is 0.331 e. The average molecular weight is 327 g/mol. The Morgan fingerprint density at radius 1 is 1.05 bits per heavy atom. The minimum Gasteiger partial charge on any atom is -0.293 e. The van der Waals surface area contributed by atoms with Crippen LogP contribution in [-0.4, -0.2) is 9.13 Å². The van der Waals surface area contributed by atoms with Gasteiger partial charge in [-0.15, -0.1) is 0 Å². The highest BCUT2D eigenvalue weighted by Gasteiger charge is 2.10. The first-order valence-corrected chi connectivity index (χ1v) is 7.32. The monoisotopic (exact) mass is 326 g/mol. The molecular formula is C14H19BrN2O2. The first-order chi connectivity index (χ1) is 9.10. The fourth-order valence-corrected chi connectivity index (χ4v) is 2.34. The molecule has 2 rings (SSSR count). The number of halogens is 1. The smallest absolute Gasteiger partial charge is 0.293 e. The maximum absolute atomic E-state index is 12.1. The molecular weight excluding hydrogens is 308 g/mol. The van der Waals surface area contributed by atoms with Gasteiger partial charge < -0.3 is 0 Å². The number of nitrogens with zero attached hydrogens (tertiary/aromatic N) is 2. The Hall–Kier alpha value is -1.36. The summed E-state index contributed by atoms with van der Waals surface area (Å²) in [6.45, 7) is 8.64. The fraction of sp³-hybridized carbons (Fsp3) is 0.429. The number of hydrogen-bond donors (Lipinski definition) is 0. The summed E-state index contributed by atoms with van der Waals surface area (Å²) in [4.78, 5) is 24.2. The molecule has 19 heavy (non-hydrogen) atoms. The lowest BCUT2D eigenvalue weighted by molar-refractivity contribution is 0.609. The second-order valence-electron chi connectivity index (χ2n) is 3.74. The van der Waals surface area contributed by atoms with E-state index in [1.54, 1.807) is 23.6 Å². The van der Waals surface area contributed by atoms with Crippen LogP contribution in [0.4, 0.5) is 0 Å². The van der Waals surface area contributed by atoms with Gasteiger partial charge in [0.15, 0.2) is 0 Å². The van der Waals surface area contributed by atoms with E-state index in [2.05, 4.69) is 15.9 Å². The van der Waals surface area contributed by atoms with Gasteiger partial charge in [0.05, 0.1) is 10.9 Å². The first kappa shape index (κ1) is 15.7. The molecule has 0 aliphatic carbocycles. The van der Waals surface area contributed by atoms with Crippen LogP contribution in [0.3, 0.4) is 0 Å². The molecule has 0 spiro atoms. The minimum absolute atomic E-state index is 0.224. The maximum atomic E-state index is 12.1. The van der Waals surface area contributed by atoms with Crippen LogP contribution >= 0.6 is 15.9 Å². The summed E-state index contributed by atoms with van der Waals surface area (Å²) < 4.78 is 3.72. The van der Waals surface area contributed by atoms with Crippen molar-refractivity contribution in [3.8, 4) is 0 Å². The molecule has 0 aliphatic rings. The second kappa shape index (κ2) is 6.70. The Labute approximate surface area is 120 Å². The molecule has 0 saturated heterocycles. The van der Waals surface area contributed by atoms with Crippen molar-refractivity contribution in [2.24, 2.45) is 0 Å². The van der Waals surface area contributed by atoms with E-state index >= 15 is 0 Å². The average Bonchev–Trinajstić information content (AvgIpc) is 2.43. The molecule has 0 aliphatic heterocycles.